The fourth-order valence-electron chi connectivity index (χ4n) is 1.99. The van der Waals surface area contributed by atoms with Gasteiger partial charge in [0.2, 0.25) is 0 Å². The van der Waals surface area contributed by atoms with Gasteiger partial charge in [-0.05, 0) is 6.92 Å². The summed E-state index contributed by atoms with van der Waals surface area (Å²) in [5, 5.41) is 9.79. The van der Waals surface area contributed by atoms with Crippen LogP contribution in [0.4, 0.5) is 0 Å². The van der Waals surface area contributed by atoms with Crippen molar-refractivity contribution in [2.24, 2.45) is 0 Å². The largest absolute Gasteiger partial charge is 0.456 e. The molecule has 1 aliphatic rings. The Kier molecular flexibility index (Phi) is 5.46. The zero-order valence-electron chi connectivity index (χ0n) is 11.7. The molecule has 114 valence electrons. The Balaban J connectivity index is 3.01. The second kappa shape index (κ2) is 6.67. The third kappa shape index (κ3) is 4.17. The molecule has 0 amide bonds. The highest BCUT2D eigenvalue weighted by Crippen LogP contribution is 2.27. The van der Waals surface area contributed by atoms with Gasteiger partial charge in [-0.1, -0.05) is 0 Å². The quantitative estimate of drug-likeness (QED) is 0.548. The SMILES string of the molecule is CC(=O)O[C@@H]1[C@@H](OC(C)=O)[C@H](C)O[C@H](O)[C@H]1OC(C)=O. The highest BCUT2D eigenvalue weighted by molar-refractivity contribution is 5.68. The van der Waals surface area contributed by atoms with Gasteiger partial charge in [0, 0.05) is 20.8 Å². The van der Waals surface area contributed by atoms with E-state index >= 15 is 0 Å². The van der Waals surface area contributed by atoms with E-state index in [0.29, 0.717) is 0 Å². The lowest BCUT2D eigenvalue weighted by Crippen LogP contribution is -2.60. The van der Waals surface area contributed by atoms with Crippen molar-refractivity contribution in [3.63, 3.8) is 0 Å². The first-order chi connectivity index (χ1) is 9.22. The van der Waals surface area contributed by atoms with Crippen LogP contribution in [0, 0.1) is 0 Å². The molecule has 5 atom stereocenters. The lowest BCUT2D eigenvalue weighted by atomic mass is 9.99. The van der Waals surface area contributed by atoms with Gasteiger partial charge in [0.25, 0.3) is 0 Å². The van der Waals surface area contributed by atoms with Crippen molar-refractivity contribution in [1.82, 2.24) is 0 Å². The van der Waals surface area contributed by atoms with Gasteiger partial charge in [0.15, 0.2) is 24.6 Å². The summed E-state index contributed by atoms with van der Waals surface area (Å²) in [5.41, 5.74) is 0. The van der Waals surface area contributed by atoms with Gasteiger partial charge < -0.3 is 24.1 Å². The summed E-state index contributed by atoms with van der Waals surface area (Å²) in [4.78, 5) is 33.3. The van der Waals surface area contributed by atoms with Gasteiger partial charge in [0.05, 0.1) is 6.10 Å². The first kappa shape index (κ1) is 16.4. The maximum absolute atomic E-state index is 11.2. The fourth-order valence-corrected chi connectivity index (χ4v) is 1.99. The van der Waals surface area contributed by atoms with Crippen molar-refractivity contribution in [1.29, 1.82) is 0 Å². The van der Waals surface area contributed by atoms with Gasteiger partial charge in [-0.3, -0.25) is 14.4 Å². The molecule has 0 aromatic rings. The molecule has 0 unspecified atom stereocenters. The summed E-state index contributed by atoms with van der Waals surface area (Å²) < 4.78 is 20.1. The van der Waals surface area contributed by atoms with Crippen molar-refractivity contribution in [2.45, 2.75) is 58.4 Å². The molecule has 0 aromatic heterocycles. The summed E-state index contributed by atoms with van der Waals surface area (Å²) in [6.07, 6.45) is -5.60. The monoisotopic (exact) mass is 290 g/mol. The normalized spacial score (nSPS) is 33.1. The molecule has 0 radical (unpaired) electrons. The van der Waals surface area contributed by atoms with Gasteiger partial charge in [-0.25, -0.2) is 0 Å². The number of hydrogen-bond acceptors (Lipinski definition) is 8. The van der Waals surface area contributed by atoms with E-state index in [0.717, 1.165) is 13.8 Å². The number of aliphatic hydroxyl groups excluding tert-OH is 1. The van der Waals surface area contributed by atoms with Crippen LogP contribution in [0.2, 0.25) is 0 Å². The van der Waals surface area contributed by atoms with E-state index < -0.39 is 48.6 Å². The third-order valence-electron chi connectivity index (χ3n) is 2.65. The first-order valence-corrected chi connectivity index (χ1v) is 6.07. The minimum Gasteiger partial charge on any atom is -0.456 e. The molecule has 8 nitrogen and oxygen atoms in total. The number of hydrogen-bond donors (Lipinski definition) is 1. The van der Waals surface area contributed by atoms with E-state index in [1.807, 2.05) is 0 Å². The van der Waals surface area contributed by atoms with E-state index in [9.17, 15) is 19.5 Å². The van der Waals surface area contributed by atoms with E-state index in [4.69, 9.17) is 18.9 Å². The van der Waals surface area contributed by atoms with Gasteiger partial charge >= 0.3 is 17.9 Å². The molecular formula is C12H18O8. The molecule has 0 saturated carbocycles. The van der Waals surface area contributed by atoms with Crippen molar-refractivity contribution in [2.75, 3.05) is 0 Å². The number of ether oxygens (including phenoxy) is 4. The Morgan fingerprint density at radius 2 is 1.25 bits per heavy atom. The summed E-state index contributed by atoms with van der Waals surface area (Å²) in [6.45, 7) is 5.01. The Morgan fingerprint density at radius 3 is 1.70 bits per heavy atom. The zero-order valence-corrected chi connectivity index (χ0v) is 11.7. The number of carbonyl (C=O) groups excluding carboxylic acids is 3. The van der Waals surface area contributed by atoms with Crippen molar-refractivity contribution in [3.05, 3.63) is 0 Å². The molecular weight excluding hydrogens is 272 g/mol. The van der Waals surface area contributed by atoms with Crippen LogP contribution in [0.5, 0.6) is 0 Å². The summed E-state index contributed by atoms with van der Waals surface area (Å²) >= 11 is 0. The predicted molar refractivity (Wildman–Crippen MR) is 63.2 cm³/mol. The molecule has 1 fully saturated rings. The average Bonchev–Trinajstić information content (AvgIpc) is 2.27. The molecule has 20 heavy (non-hydrogen) atoms. The topological polar surface area (TPSA) is 108 Å². The Morgan fingerprint density at radius 1 is 0.850 bits per heavy atom. The van der Waals surface area contributed by atoms with E-state index in [1.165, 1.54) is 13.8 Å². The summed E-state index contributed by atoms with van der Waals surface area (Å²) in [7, 11) is 0. The molecule has 1 rings (SSSR count). The third-order valence-corrected chi connectivity index (χ3v) is 2.65. The molecule has 0 aliphatic carbocycles. The first-order valence-electron chi connectivity index (χ1n) is 6.07. The van der Waals surface area contributed by atoms with Gasteiger partial charge in [-0.2, -0.15) is 0 Å². The fraction of sp³-hybridized carbons (Fsp3) is 0.750. The minimum atomic E-state index is -1.48. The van der Waals surface area contributed by atoms with E-state index in [2.05, 4.69) is 0 Å². The van der Waals surface area contributed by atoms with Crippen molar-refractivity contribution < 1.29 is 38.4 Å². The van der Waals surface area contributed by atoms with Gasteiger partial charge in [0.1, 0.15) is 0 Å². The lowest BCUT2D eigenvalue weighted by molar-refractivity contribution is -0.288. The Labute approximate surface area is 115 Å². The van der Waals surface area contributed by atoms with Crippen molar-refractivity contribution in [3.8, 4) is 0 Å². The standard InChI is InChI=1S/C12H18O8/c1-5-9(18-6(2)13)10(19-7(3)14)11(12(16)17-5)20-8(4)15/h5,9-12,16H,1-4H3/t5-,9-,10+,11-,12-/m0/s1. The van der Waals surface area contributed by atoms with Crippen LogP contribution < -0.4 is 0 Å². The van der Waals surface area contributed by atoms with Crippen LogP contribution >= 0.6 is 0 Å². The highest BCUT2D eigenvalue weighted by atomic mass is 16.7. The number of carbonyl (C=O) groups is 3. The number of aliphatic hydroxyl groups is 1. The smallest absolute Gasteiger partial charge is 0.303 e. The number of esters is 3. The zero-order chi connectivity index (χ0) is 15.4. The van der Waals surface area contributed by atoms with Crippen LogP contribution in [0.15, 0.2) is 0 Å². The Bertz CT molecular complexity index is 365. The summed E-state index contributed by atoms with van der Waals surface area (Å²) in [6, 6.07) is 0. The molecule has 0 bridgehead atoms. The van der Waals surface area contributed by atoms with Crippen LogP contribution in [-0.4, -0.2) is 53.7 Å². The molecule has 1 aliphatic heterocycles. The minimum absolute atomic E-state index is 0.611. The maximum atomic E-state index is 11.2. The van der Waals surface area contributed by atoms with Crippen LogP contribution in [0.1, 0.15) is 27.7 Å². The second-order valence-electron chi connectivity index (χ2n) is 4.45. The maximum Gasteiger partial charge on any atom is 0.303 e. The highest BCUT2D eigenvalue weighted by Gasteiger charge is 2.49. The van der Waals surface area contributed by atoms with E-state index in [-0.39, 0.29) is 0 Å². The lowest BCUT2D eigenvalue weighted by Gasteiger charge is -2.41. The van der Waals surface area contributed by atoms with Gasteiger partial charge in [-0.15, -0.1) is 0 Å². The second-order valence-corrected chi connectivity index (χ2v) is 4.45. The molecule has 8 heteroatoms. The predicted octanol–water partition coefficient (Wildman–Crippen LogP) is -0.481. The molecule has 0 spiro atoms. The molecule has 1 heterocycles. The van der Waals surface area contributed by atoms with Crippen LogP contribution in [0.3, 0.4) is 0 Å². The van der Waals surface area contributed by atoms with Crippen LogP contribution in [-0.2, 0) is 33.3 Å². The Hall–Kier alpha value is -1.67. The average molecular weight is 290 g/mol. The van der Waals surface area contributed by atoms with Crippen molar-refractivity contribution >= 4 is 17.9 Å². The molecule has 1 saturated heterocycles. The number of rotatable bonds is 3. The van der Waals surface area contributed by atoms with E-state index in [1.54, 1.807) is 0 Å². The molecule has 0 aromatic carbocycles. The summed E-state index contributed by atoms with van der Waals surface area (Å²) in [5.74, 6) is -1.96. The van der Waals surface area contributed by atoms with Crippen LogP contribution in [0.25, 0.3) is 0 Å². The molecule has 1 N–H and O–H groups in total.